The molecule has 0 saturated heterocycles. The number of hydrogen-bond donors (Lipinski definition) is 2. The second-order valence-corrected chi connectivity index (χ2v) is 6.71. The first-order valence-electron chi connectivity index (χ1n) is 5.94. The molecule has 0 radical (unpaired) electrons. The summed E-state index contributed by atoms with van der Waals surface area (Å²) in [5.41, 5.74) is 1.28. The van der Waals surface area contributed by atoms with E-state index >= 15 is 0 Å². The maximum absolute atomic E-state index is 12.1. The van der Waals surface area contributed by atoms with E-state index in [0.717, 1.165) is 25.9 Å². The van der Waals surface area contributed by atoms with Gasteiger partial charge in [0.2, 0.25) is 5.03 Å². The molecule has 0 amide bonds. The molecule has 0 atom stereocenters. The molecule has 1 aliphatic heterocycles. The van der Waals surface area contributed by atoms with Crippen LogP contribution < -0.4 is 10.0 Å². The van der Waals surface area contributed by atoms with Crippen LogP contribution in [0.4, 0.5) is 0 Å². The third kappa shape index (κ3) is 3.62. The molecule has 2 N–H and O–H groups in total. The highest BCUT2D eigenvalue weighted by molar-refractivity contribution is 9.10. The van der Waals surface area contributed by atoms with Crippen molar-refractivity contribution in [1.82, 2.24) is 25.0 Å². The minimum absolute atomic E-state index is 0.0480. The van der Waals surface area contributed by atoms with E-state index in [-0.39, 0.29) is 9.63 Å². The molecule has 7 nitrogen and oxygen atoms in total. The Bertz CT molecular complexity index is 561. The molecule has 106 valence electrons. The van der Waals surface area contributed by atoms with Crippen molar-refractivity contribution in [3.05, 3.63) is 16.3 Å². The summed E-state index contributed by atoms with van der Waals surface area (Å²) in [6.07, 6.45) is 3.81. The Balaban J connectivity index is 1.97. The largest absolute Gasteiger partial charge is 0.313 e. The first-order valence-corrected chi connectivity index (χ1v) is 8.22. The van der Waals surface area contributed by atoms with Crippen LogP contribution in [0.5, 0.6) is 0 Å². The molecule has 1 aliphatic rings. The first kappa shape index (κ1) is 14.6. The number of halogens is 1. The molecule has 2 heterocycles. The molecule has 0 unspecified atom stereocenters. The highest BCUT2D eigenvalue weighted by Crippen LogP contribution is 2.17. The summed E-state index contributed by atoms with van der Waals surface area (Å²) < 4.78 is 28.2. The third-order valence-corrected chi connectivity index (χ3v) is 5.24. The fourth-order valence-corrected chi connectivity index (χ4v) is 4.04. The van der Waals surface area contributed by atoms with Crippen LogP contribution in [0.2, 0.25) is 0 Å². The fraction of sp³-hybridized carbons (Fsp3) is 0.600. The minimum Gasteiger partial charge on any atom is -0.313 e. The average molecular weight is 350 g/mol. The number of hydrogen-bond acceptors (Lipinski definition) is 5. The van der Waals surface area contributed by atoms with Crippen LogP contribution in [0.15, 0.2) is 21.3 Å². The van der Waals surface area contributed by atoms with E-state index in [4.69, 9.17) is 0 Å². The lowest BCUT2D eigenvalue weighted by Crippen LogP contribution is -2.28. The summed E-state index contributed by atoms with van der Waals surface area (Å²) in [5, 5.41) is 10.6. The fourth-order valence-electron chi connectivity index (χ4n) is 1.92. The molecular formula is C10H16BrN5O2S. The Hall–Kier alpha value is -0.770. The SMILES string of the molecule is Cn1nnc(Br)c1S(=O)(=O)NCCC1=CCNCC1. The van der Waals surface area contributed by atoms with Gasteiger partial charge in [0.05, 0.1) is 0 Å². The van der Waals surface area contributed by atoms with E-state index in [1.54, 1.807) is 7.05 Å². The smallest absolute Gasteiger partial charge is 0.260 e. The van der Waals surface area contributed by atoms with E-state index in [1.807, 2.05) is 0 Å². The normalized spacial score (nSPS) is 16.4. The summed E-state index contributed by atoms with van der Waals surface area (Å²) in [6, 6.07) is 0. The van der Waals surface area contributed by atoms with Gasteiger partial charge in [-0.2, -0.15) is 0 Å². The predicted molar refractivity (Wildman–Crippen MR) is 74.1 cm³/mol. The van der Waals surface area contributed by atoms with Gasteiger partial charge in [-0.15, -0.1) is 5.10 Å². The number of sulfonamides is 1. The van der Waals surface area contributed by atoms with Gasteiger partial charge in [-0.25, -0.2) is 17.8 Å². The number of nitrogens with one attached hydrogen (secondary N) is 2. The molecule has 9 heteroatoms. The van der Waals surface area contributed by atoms with Crippen molar-refractivity contribution in [2.45, 2.75) is 17.9 Å². The van der Waals surface area contributed by atoms with Gasteiger partial charge >= 0.3 is 0 Å². The van der Waals surface area contributed by atoms with Crippen LogP contribution in [0.25, 0.3) is 0 Å². The highest BCUT2D eigenvalue weighted by atomic mass is 79.9. The standard InChI is InChI=1S/C10H16BrN5O2S/c1-16-10(9(11)14-15-16)19(17,18)13-7-4-8-2-5-12-6-3-8/h2,12-13H,3-7H2,1H3. The summed E-state index contributed by atoms with van der Waals surface area (Å²) in [6.45, 7) is 2.20. The lowest BCUT2D eigenvalue weighted by Gasteiger charge is -2.14. The monoisotopic (exact) mass is 349 g/mol. The lowest BCUT2D eigenvalue weighted by atomic mass is 10.1. The van der Waals surface area contributed by atoms with Gasteiger partial charge in [-0.1, -0.05) is 16.9 Å². The Morgan fingerprint density at radius 3 is 2.95 bits per heavy atom. The van der Waals surface area contributed by atoms with Crippen molar-refractivity contribution >= 4 is 26.0 Å². The second kappa shape index (κ2) is 6.12. The van der Waals surface area contributed by atoms with Crippen molar-refractivity contribution in [1.29, 1.82) is 0 Å². The lowest BCUT2D eigenvalue weighted by molar-refractivity contribution is 0.559. The van der Waals surface area contributed by atoms with Crippen LogP contribution in [0.3, 0.4) is 0 Å². The molecule has 2 rings (SSSR count). The molecule has 0 aromatic carbocycles. The van der Waals surface area contributed by atoms with E-state index in [2.05, 4.69) is 42.4 Å². The Kier molecular flexibility index (Phi) is 4.71. The zero-order valence-corrected chi connectivity index (χ0v) is 13.0. The third-order valence-electron chi connectivity index (χ3n) is 2.89. The summed E-state index contributed by atoms with van der Waals surface area (Å²) >= 11 is 3.09. The highest BCUT2D eigenvalue weighted by Gasteiger charge is 2.23. The molecule has 0 saturated carbocycles. The quantitative estimate of drug-likeness (QED) is 0.739. The van der Waals surface area contributed by atoms with Crippen molar-refractivity contribution in [2.24, 2.45) is 7.05 Å². The molecule has 0 aliphatic carbocycles. The van der Waals surface area contributed by atoms with Crippen molar-refractivity contribution in [3.8, 4) is 0 Å². The summed E-state index contributed by atoms with van der Waals surface area (Å²) in [5.74, 6) is 0. The van der Waals surface area contributed by atoms with Gasteiger partial charge < -0.3 is 5.32 Å². The maximum atomic E-state index is 12.1. The number of aromatic nitrogens is 3. The van der Waals surface area contributed by atoms with E-state index in [0.29, 0.717) is 6.54 Å². The molecule has 0 bridgehead atoms. The topological polar surface area (TPSA) is 88.9 Å². The van der Waals surface area contributed by atoms with E-state index < -0.39 is 10.0 Å². The van der Waals surface area contributed by atoms with E-state index in [1.165, 1.54) is 10.3 Å². The molecule has 0 spiro atoms. The summed E-state index contributed by atoms with van der Waals surface area (Å²) in [7, 11) is -2.04. The van der Waals surface area contributed by atoms with Gasteiger partial charge in [-0.3, -0.25) is 0 Å². The van der Waals surface area contributed by atoms with Gasteiger partial charge in [0.1, 0.15) is 0 Å². The van der Waals surface area contributed by atoms with Gasteiger partial charge in [-0.05, 0) is 35.3 Å². The van der Waals surface area contributed by atoms with E-state index in [9.17, 15) is 8.42 Å². The number of nitrogens with zero attached hydrogens (tertiary/aromatic N) is 3. The van der Waals surface area contributed by atoms with Crippen molar-refractivity contribution < 1.29 is 8.42 Å². The predicted octanol–water partition coefficient (Wildman–Crippen LogP) is 0.166. The summed E-state index contributed by atoms with van der Waals surface area (Å²) in [4.78, 5) is 0. The van der Waals surface area contributed by atoms with Crippen LogP contribution in [-0.2, 0) is 17.1 Å². The molecule has 1 aromatic rings. The first-order chi connectivity index (χ1) is 9.00. The van der Waals surface area contributed by atoms with Crippen LogP contribution >= 0.6 is 15.9 Å². The Morgan fingerprint density at radius 1 is 1.58 bits per heavy atom. The second-order valence-electron chi connectivity index (χ2n) is 4.27. The van der Waals surface area contributed by atoms with Gasteiger partial charge in [0, 0.05) is 20.1 Å². The van der Waals surface area contributed by atoms with Gasteiger partial charge in [0.15, 0.2) is 4.60 Å². The maximum Gasteiger partial charge on any atom is 0.260 e. The molecular weight excluding hydrogens is 334 g/mol. The zero-order chi connectivity index (χ0) is 13.9. The van der Waals surface area contributed by atoms with Gasteiger partial charge in [0.25, 0.3) is 10.0 Å². The van der Waals surface area contributed by atoms with Crippen LogP contribution in [0.1, 0.15) is 12.8 Å². The average Bonchev–Trinajstić information content (AvgIpc) is 2.70. The number of rotatable bonds is 5. The van der Waals surface area contributed by atoms with Crippen LogP contribution in [-0.4, -0.2) is 43.0 Å². The minimum atomic E-state index is -3.58. The molecule has 0 fully saturated rings. The van der Waals surface area contributed by atoms with Crippen molar-refractivity contribution in [2.75, 3.05) is 19.6 Å². The number of aryl methyl sites for hydroxylation is 1. The Morgan fingerprint density at radius 2 is 2.37 bits per heavy atom. The van der Waals surface area contributed by atoms with Crippen molar-refractivity contribution in [3.63, 3.8) is 0 Å². The van der Waals surface area contributed by atoms with Crippen LogP contribution in [0, 0.1) is 0 Å². The molecule has 1 aromatic heterocycles. The zero-order valence-electron chi connectivity index (χ0n) is 10.6. The Labute approximate surface area is 120 Å². The molecule has 19 heavy (non-hydrogen) atoms.